The summed E-state index contributed by atoms with van der Waals surface area (Å²) >= 11 is 0. The van der Waals surface area contributed by atoms with E-state index in [9.17, 15) is 0 Å². The lowest BCUT2D eigenvalue weighted by Crippen LogP contribution is -2.34. The zero-order valence-electron chi connectivity index (χ0n) is 12.2. The van der Waals surface area contributed by atoms with E-state index in [1.165, 1.54) is 11.1 Å². The Morgan fingerprint density at radius 3 is 2.68 bits per heavy atom. The van der Waals surface area contributed by atoms with Gasteiger partial charge in [0.05, 0.1) is 24.4 Å². The summed E-state index contributed by atoms with van der Waals surface area (Å²) < 4.78 is 12.0. The predicted molar refractivity (Wildman–Crippen MR) is 78.2 cm³/mol. The Morgan fingerprint density at radius 1 is 1.32 bits per heavy atom. The predicted octanol–water partition coefficient (Wildman–Crippen LogP) is 4.03. The second kappa shape index (κ2) is 5.48. The molecule has 0 spiro atoms. The molecule has 2 unspecified atom stereocenters. The highest BCUT2D eigenvalue weighted by Gasteiger charge is 2.41. The van der Waals surface area contributed by atoms with E-state index in [2.05, 4.69) is 45.5 Å². The van der Waals surface area contributed by atoms with Gasteiger partial charge in [-0.25, -0.2) is 0 Å². The summed E-state index contributed by atoms with van der Waals surface area (Å²) in [7, 11) is 0. The molecular formula is C17H24O2. The van der Waals surface area contributed by atoms with Gasteiger partial charge in [0.2, 0.25) is 0 Å². The van der Waals surface area contributed by atoms with Gasteiger partial charge >= 0.3 is 0 Å². The van der Waals surface area contributed by atoms with Crippen LogP contribution in [0.5, 0.6) is 0 Å². The highest BCUT2D eigenvalue weighted by atomic mass is 16.6. The molecular weight excluding hydrogens is 236 g/mol. The Hall–Kier alpha value is -1.12. The van der Waals surface area contributed by atoms with Crippen molar-refractivity contribution in [2.24, 2.45) is 0 Å². The minimum atomic E-state index is -0.194. The Bertz CT molecular complexity index is 454. The Balaban J connectivity index is 1.87. The maximum Gasteiger partial charge on any atom is 0.0899 e. The van der Waals surface area contributed by atoms with E-state index in [-0.39, 0.29) is 11.2 Å². The van der Waals surface area contributed by atoms with Crippen molar-refractivity contribution in [1.82, 2.24) is 0 Å². The van der Waals surface area contributed by atoms with Gasteiger partial charge in [-0.3, -0.25) is 0 Å². The van der Waals surface area contributed by atoms with Crippen LogP contribution in [0.25, 0.3) is 0 Å². The summed E-state index contributed by atoms with van der Waals surface area (Å²) in [5.74, 6) is 0. The molecule has 1 aliphatic rings. The molecule has 1 heterocycles. The molecule has 2 atom stereocenters. The number of ether oxygens (including phenoxy) is 2. The lowest BCUT2D eigenvalue weighted by molar-refractivity contribution is -0.104. The maximum absolute atomic E-state index is 6.11. The van der Waals surface area contributed by atoms with Crippen LogP contribution in [-0.4, -0.2) is 17.8 Å². The van der Waals surface area contributed by atoms with Crippen LogP contribution < -0.4 is 0 Å². The summed E-state index contributed by atoms with van der Waals surface area (Å²) in [6.07, 6.45) is 3.93. The van der Waals surface area contributed by atoms with E-state index in [0.29, 0.717) is 13.2 Å². The lowest BCUT2D eigenvalue weighted by atomic mass is 9.99. The fourth-order valence-corrected chi connectivity index (χ4v) is 2.57. The zero-order chi connectivity index (χ0) is 13.9. The van der Waals surface area contributed by atoms with Gasteiger partial charge < -0.3 is 9.47 Å². The molecule has 2 rings (SSSR count). The first kappa shape index (κ1) is 14.3. The van der Waals surface area contributed by atoms with Gasteiger partial charge in [0.15, 0.2) is 0 Å². The first-order valence-electron chi connectivity index (χ1n) is 6.92. The summed E-state index contributed by atoms with van der Waals surface area (Å²) in [5.41, 5.74) is 2.14. The molecule has 1 aromatic carbocycles. The molecule has 0 bridgehead atoms. The van der Waals surface area contributed by atoms with Gasteiger partial charge in [0.1, 0.15) is 0 Å². The average Bonchev–Trinajstić information content (AvgIpc) is 2.69. The number of hydrogen-bond donors (Lipinski definition) is 0. The van der Waals surface area contributed by atoms with Crippen LogP contribution in [0.3, 0.4) is 0 Å². The van der Waals surface area contributed by atoms with Crippen molar-refractivity contribution in [3.05, 3.63) is 48.0 Å². The van der Waals surface area contributed by atoms with E-state index >= 15 is 0 Å². The normalized spacial score (nSPS) is 30.5. The molecule has 0 amide bonds. The van der Waals surface area contributed by atoms with E-state index in [1.54, 1.807) is 0 Å². The summed E-state index contributed by atoms with van der Waals surface area (Å²) in [5, 5.41) is 0. The van der Waals surface area contributed by atoms with Gasteiger partial charge in [0.25, 0.3) is 0 Å². The molecule has 0 aliphatic carbocycles. The molecule has 1 saturated heterocycles. The van der Waals surface area contributed by atoms with E-state index < -0.39 is 0 Å². The van der Waals surface area contributed by atoms with Crippen molar-refractivity contribution in [2.45, 2.75) is 51.4 Å². The quantitative estimate of drug-likeness (QED) is 0.744. The van der Waals surface area contributed by atoms with Crippen molar-refractivity contribution in [1.29, 1.82) is 0 Å². The van der Waals surface area contributed by atoms with Crippen molar-refractivity contribution < 1.29 is 9.47 Å². The monoisotopic (exact) mass is 260 g/mol. The van der Waals surface area contributed by atoms with Crippen LogP contribution in [-0.2, 0) is 16.1 Å². The average molecular weight is 260 g/mol. The summed E-state index contributed by atoms with van der Waals surface area (Å²) in [6, 6.07) is 8.33. The maximum atomic E-state index is 6.11. The van der Waals surface area contributed by atoms with E-state index in [1.807, 2.05) is 12.1 Å². The highest BCUT2D eigenvalue weighted by Crippen LogP contribution is 2.38. The van der Waals surface area contributed by atoms with Crippen LogP contribution >= 0.6 is 0 Å². The van der Waals surface area contributed by atoms with Crippen molar-refractivity contribution in [2.75, 3.05) is 6.61 Å². The standard InChI is InChI=1S/C17H24O2/c1-5-16(3)10-11-17(4,19-16)13-18-12-15-9-7-6-8-14(15)2/h5-9H,1,10-13H2,2-4H3. The van der Waals surface area contributed by atoms with Gasteiger partial charge in [0, 0.05) is 0 Å². The molecule has 19 heavy (non-hydrogen) atoms. The number of benzene rings is 1. The number of hydrogen-bond acceptors (Lipinski definition) is 2. The lowest BCUT2D eigenvalue weighted by Gasteiger charge is -2.28. The van der Waals surface area contributed by atoms with Crippen LogP contribution in [0, 0.1) is 6.92 Å². The minimum absolute atomic E-state index is 0.189. The van der Waals surface area contributed by atoms with Gasteiger partial charge in [-0.2, -0.15) is 0 Å². The first-order valence-corrected chi connectivity index (χ1v) is 6.92. The summed E-state index contributed by atoms with van der Waals surface area (Å²) in [4.78, 5) is 0. The van der Waals surface area contributed by atoms with Crippen LogP contribution in [0.15, 0.2) is 36.9 Å². The van der Waals surface area contributed by atoms with E-state index in [4.69, 9.17) is 9.47 Å². The SMILES string of the molecule is C=CC1(C)CCC(C)(COCc2ccccc2C)O1. The van der Waals surface area contributed by atoms with Gasteiger partial charge in [-0.05, 0) is 44.7 Å². The number of rotatable bonds is 5. The van der Waals surface area contributed by atoms with Crippen molar-refractivity contribution in [3.8, 4) is 0 Å². The first-order chi connectivity index (χ1) is 8.96. The Morgan fingerprint density at radius 2 is 2.05 bits per heavy atom. The molecule has 1 fully saturated rings. The largest absolute Gasteiger partial charge is 0.374 e. The third-order valence-electron chi connectivity index (χ3n) is 3.99. The topological polar surface area (TPSA) is 18.5 Å². The Kier molecular flexibility index (Phi) is 4.12. The molecule has 2 nitrogen and oxygen atoms in total. The van der Waals surface area contributed by atoms with Crippen LogP contribution in [0.1, 0.15) is 37.8 Å². The number of aryl methyl sites for hydroxylation is 1. The Labute approximate surface area is 116 Å². The second-order valence-electron chi connectivity index (χ2n) is 5.99. The molecule has 2 heteroatoms. The van der Waals surface area contributed by atoms with Gasteiger partial charge in [-0.1, -0.05) is 30.3 Å². The molecule has 0 aromatic heterocycles. The molecule has 1 aliphatic heterocycles. The molecule has 0 saturated carbocycles. The van der Waals surface area contributed by atoms with Crippen molar-refractivity contribution >= 4 is 0 Å². The second-order valence-corrected chi connectivity index (χ2v) is 5.99. The molecule has 0 radical (unpaired) electrons. The summed E-state index contributed by atoms with van der Waals surface area (Å²) in [6.45, 7) is 11.5. The van der Waals surface area contributed by atoms with Crippen LogP contribution in [0.4, 0.5) is 0 Å². The molecule has 104 valence electrons. The van der Waals surface area contributed by atoms with Crippen LogP contribution in [0.2, 0.25) is 0 Å². The fraction of sp³-hybridized carbons (Fsp3) is 0.529. The highest BCUT2D eigenvalue weighted by molar-refractivity contribution is 5.24. The minimum Gasteiger partial charge on any atom is -0.374 e. The van der Waals surface area contributed by atoms with Gasteiger partial charge in [-0.15, -0.1) is 6.58 Å². The zero-order valence-corrected chi connectivity index (χ0v) is 12.2. The molecule has 1 aromatic rings. The van der Waals surface area contributed by atoms with Crippen molar-refractivity contribution in [3.63, 3.8) is 0 Å². The van der Waals surface area contributed by atoms with E-state index in [0.717, 1.165) is 12.8 Å². The fourth-order valence-electron chi connectivity index (χ4n) is 2.57. The third kappa shape index (κ3) is 3.46. The molecule has 0 N–H and O–H groups in total. The third-order valence-corrected chi connectivity index (χ3v) is 3.99. The smallest absolute Gasteiger partial charge is 0.0899 e.